The molecule has 0 aromatic carbocycles. The molecule has 100 valence electrons. The van der Waals surface area contributed by atoms with Gasteiger partial charge in [-0.3, -0.25) is 0 Å². The van der Waals surface area contributed by atoms with Crippen molar-refractivity contribution >= 4 is 11.5 Å². The van der Waals surface area contributed by atoms with Gasteiger partial charge in [-0.25, -0.2) is 4.98 Å². The van der Waals surface area contributed by atoms with E-state index in [2.05, 4.69) is 17.2 Å². The van der Waals surface area contributed by atoms with Gasteiger partial charge in [0.05, 0.1) is 17.5 Å². The first-order valence-corrected chi connectivity index (χ1v) is 6.67. The molecule has 1 heterocycles. The predicted octanol–water partition coefficient (Wildman–Crippen LogP) is 2.33. The third kappa shape index (κ3) is 3.13. The molecule has 1 aliphatic carbocycles. The van der Waals surface area contributed by atoms with E-state index in [-0.39, 0.29) is 0 Å². The second-order valence-electron chi connectivity index (χ2n) is 5.71. The Morgan fingerprint density at radius 3 is 3.06 bits per heavy atom. The van der Waals surface area contributed by atoms with Gasteiger partial charge < -0.3 is 16.2 Å². The smallest absolute Gasteiger partial charge is 0.129 e. The molecular weight excluding hydrogens is 226 g/mol. The lowest BCUT2D eigenvalue weighted by Gasteiger charge is -2.35. The average molecular weight is 249 g/mol. The van der Waals surface area contributed by atoms with Gasteiger partial charge in [-0.05, 0) is 37.3 Å². The number of nitrogen functional groups attached to an aromatic ring is 1. The van der Waals surface area contributed by atoms with Gasteiger partial charge in [0, 0.05) is 6.54 Å². The molecule has 1 fully saturated rings. The summed E-state index contributed by atoms with van der Waals surface area (Å²) in [6.07, 6.45) is 5.71. The molecule has 0 aliphatic heterocycles. The van der Waals surface area contributed by atoms with E-state index in [0.717, 1.165) is 30.6 Å². The summed E-state index contributed by atoms with van der Waals surface area (Å²) in [5.41, 5.74) is 6.77. The van der Waals surface area contributed by atoms with Crippen molar-refractivity contribution in [3.63, 3.8) is 0 Å². The van der Waals surface area contributed by atoms with Crippen LogP contribution in [0, 0.1) is 12.8 Å². The summed E-state index contributed by atoms with van der Waals surface area (Å²) < 4.78 is 0. The molecule has 1 aromatic heterocycles. The van der Waals surface area contributed by atoms with Gasteiger partial charge in [0.2, 0.25) is 0 Å². The van der Waals surface area contributed by atoms with Crippen LogP contribution in [-0.2, 0) is 0 Å². The summed E-state index contributed by atoms with van der Waals surface area (Å²) in [7, 11) is 0. The lowest BCUT2D eigenvalue weighted by Crippen LogP contribution is -2.41. The lowest BCUT2D eigenvalue weighted by molar-refractivity contribution is -0.000831. The van der Waals surface area contributed by atoms with Crippen LogP contribution >= 0.6 is 0 Å². The fraction of sp³-hybridized carbons (Fsp3) is 0.643. The normalized spacial score (nSPS) is 28.1. The number of hydrogen-bond acceptors (Lipinski definition) is 4. The molecule has 1 aromatic rings. The van der Waals surface area contributed by atoms with Crippen LogP contribution in [0.4, 0.5) is 11.5 Å². The van der Waals surface area contributed by atoms with Crippen LogP contribution in [0.2, 0.25) is 0 Å². The number of aliphatic hydroxyl groups is 1. The van der Waals surface area contributed by atoms with E-state index in [9.17, 15) is 5.11 Å². The van der Waals surface area contributed by atoms with Crippen LogP contribution < -0.4 is 11.1 Å². The second kappa shape index (κ2) is 5.14. The molecule has 2 unspecified atom stereocenters. The van der Waals surface area contributed by atoms with Crippen LogP contribution in [0.15, 0.2) is 12.3 Å². The monoisotopic (exact) mass is 249 g/mol. The Labute approximate surface area is 109 Å². The van der Waals surface area contributed by atoms with Crippen molar-refractivity contribution in [3.05, 3.63) is 17.8 Å². The highest BCUT2D eigenvalue weighted by Crippen LogP contribution is 2.32. The first kappa shape index (κ1) is 13.1. The van der Waals surface area contributed by atoms with Gasteiger partial charge in [0.25, 0.3) is 0 Å². The van der Waals surface area contributed by atoms with Gasteiger partial charge in [-0.2, -0.15) is 0 Å². The number of rotatable bonds is 3. The van der Waals surface area contributed by atoms with Crippen LogP contribution in [0.5, 0.6) is 0 Å². The molecule has 18 heavy (non-hydrogen) atoms. The third-order valence-electron chi connectivity index (χ3n) is 3.75. The van der Waals surface area contributed by atoms with E-state index in [0.29, 0.717) is 18.2 Å². The summed E-state index contributed by atoms with van der Waals surface area (Å²) in [6, 6.07) is 1.89. The van der Waals surface area contributed by atoms with E-state index in [4.69, 9.17) is 5.73 Å². The van der Waals surface area contributed by atoms with Crippen LogP contribution in [0.1, 0.15) is 38.2 Å². The summed E-state index contributed by atoms with van der Waals surface area (Å²) in [5.74, 6) is 1.42. The number of aromatic nitrogens is 1. The van der Waals surface area contributed by atoms with Gasteiger partial charge in [-0.15, -0.1) is 0 Å². The minimum Gasteiger partial charge on any atom is -0.397 e. The van der Waals surface area contributed by atoms with Gasteiger partial charge >= 0.3 is 0 Å². The van der Waals surface area contributed by atoms with Crippen LogP contribution in [-0.4, -0.2) is 22.2 Å². The van der Waals surface area contributed by atoms with Crippen LogP contribution in [0.3, 0.4) is 0 Å². The Hall–Kier alpha value is -1.29. The highest BCUT2D eigenvalue weighted by atomic mass is 16.3. The minimum atomic E-state index is -0.590. The lowest BCUT2D eigenvalue weighted by atomic mass is 9.79. The molecule has 1 saturated carbocycles. The number of aryl methyl sites for hydroxylation is 1. The summed E-state index contributed by atoms with van der Waals surface area (Å²) in [4.78, 5) is 4.27. The van der Waals surface area contributed by atoms with Crippen molar-refractivity contribution in [1.82, 2.24) is 4.98 Å². The average Bonchev–Trinajstić information content (AvgIpc) is 2.27. The SMILES string of the molecule is Cc1cc(N)cnc1NCC1(O)CCCC(C)C1. The quantitative estimate of drug-likeness (QED) is 0.769. The summed E-state index contributed by atoms with van der Waals surface area (Å²) in [6.45, 7) is 4.74. The Balaban J connectivity index is 1.98. The highest BCUT2D eigenvalue weighted by Gasteiger charge is 2.32. The van der Waals surface area contributed by atoms with Crippen molar-refractivity contribution in [1.29, 1.82) is 0 Å². The Morgan fingerprint density at radius 2 is 2.39 bits per heavy atom. The molecule has 4 heteroatoms. The maximum absolute atomic E-state index is 10.5. The maximum atomic E-state index is 10.5. The number of pyridine rings is 1. The van der Waals surface area contributed by atoms with E-state index in [1.165, 1.54) is 6.42 Å². The minimum absolute atomic E-state index is 0.565. The number of anilines is 2. The molecule has 0 amide bonds. The molecule has 2 rings (SSSR count). The number of nitrogens with one attached hydrogen (secondary N) is 1. The van der Waals surface area contributed by atoms with E-state index in [1.807, 2.05) is 13.0 Å². The molecule has 4 N–H and O–H groups in total. The molecule has 2 atom stereocenters. The van der Waals surface area contributed by atoms with Crippen molar-refractivity contribution in [2.45, 2.75) is 45.1 Å². The topological polar surface area (TPSA) is 71.2 Å². The Bertz CT molecular complexity index is 422. The van der Waals surface area contributed by atoms with Crippen LogP contribution in [0.25, 0.3) is 0 Å². The Morgan fingerprint density at radius 1 is 1.61 bits per heavy atom. The second-order valence-corrected chi connectivity index (χ2v) is 5.71. The van der Waals surface area contributed by atoms with E-state index < -0.39 is 5.60 Å². The number of nitrogens with two attached hydrogens (primary N) is 1. The molecular formula is C14H23N3O. The van der Waals surface area contributed by atoms with Crippen molar-refractivity contribution < 1.29 is 5.11 Å². The number of nitrogens with zero attached hydrogens (tertiary/aromatic N) is 1. The van der Waals surface area contributed by atoms with Gasteiger partial charge in [0.1, 0.15) is 5.82 Å². The summed E-state index contributed by atoms with van der Waals surface area (Å²) >= 11 is 0. The Kier molecular flexibility index (Phi) is 3.76. The number of hydrogen-bond donors (Lipinski definition) is 3. The zero-order valence-electron chi connectivity index (χ0n) is 11.2. The first-order chi connectivity index (χ1) is 8.48. The molecule has 4 nitrogen and oxygen atoms in total. The predicted molar refractivity (Wildman–Crippen MR) is 74.5 cm³/mol. The third-order valence-corrected chi connectivity index (χ3v) is 3.75. The largest absolute Gasteiger partial charge is 0.397 e. The highest BCUT2D eigenvalue weighted by molar-refractivity contribution is 5.50. The van der Waals surface area contributed by atoms with E-state index in [1.54, 1.807) is 6.20 Å². The molecule has 0 saturated heterocycles. The zero-order valence-corrected chi connectivity index (χ0v) is 11.2. The molecule has 0 bridgehead atoms. The standard InChI is InChI=1S/C14H23N3O/c1-10-4-3-5-14(18,7-10)9-17-13-11(2)6-12(15)8-16-13/h6,8,10,18H,3-5,7,9,15H2,1-2H3,(H,16,17). The first-order valence-electron chi connectivity index (χ1n) is 6.67. The molecule has 1 aliphatic rings. The van der Waals surface area contributed by atoms with Gasteiger partial charge in [-0.1, -0.05) is 19.8 Å². The molecule has 0 radical (unpaired) electrons. The van der Waals surface area contributed by atoms with Crippen molar-refractivity contribution in [2.24, 2.45) is 5.92 Å². The van der Waals surface area contributed by atoms with Crippen molar-refractivity contribution in [2.75, 3.05) is 17.6 Å². The maximum Gasteiger partial charge on any atom is 0.129 e. The van der Waals surface area contributed by atoms with E-state index >= 15 is 0 Å². The summed E-state index contributed by atoms with van der Waals surface area (Å²) in [5, 5.41) is 13.8. The molecule has 0 spiro atoms. The zero-order chi connectivity index (χ0) is 13.2. The fourth-order valence-electron chi connectivity index (χ4n) is 2.82. The fourth-order valence-corrected chi connectivity index (χ4v) is 2.82. The van der Waals surface area contributed by atoms with Gasteiger partial charge in [0.15, 0.2) is 0 Å². The van der Waals surface area contributed by atoms with Crippen molar-refractivity contribution in [3.8, 4) is 0 Å².